The van der Waals surface area contributed by atoms with Crippen LogP contribution in [0.3, 0.4) is 0 Å². The number of hydrogen-bond donors (Lipinski definition) is 2. The fraction of sp³-hybridized carbons (Fsp3) is 0.240. The minimum Gasteiger partial charge on any atom is -0.497 e. The third kappa shape index (κ3) is 4.28. The fourth-order valence-corrected chi connectivity index (χ4v) is 4.16. The Hall–Kier alpha value is -3.67. The summed E-state index contributed by atoms with van der Waals surface area (Å²) >= 11 is 0. The molecule has 0 radical (unpaired) electrons. The van der Waals surface area contributed by atoms with Gasteiger partial charge in [-0.15, -0.1) is 0 Å². The quantitative estimate of drug-likeness (QED) is 0.668. The van der Waals surface area contributed by atoms with Gasteiger partial charge in [-0.1, -0.05) is 18.2 Å². The molecule has 0 spiro atoms. The van der Waals surface area contributed by atoms with Gasteiger partial charge < -0.3 is 15.0 Å². The van der Waals surface area contributed by atoms with Gasteiger partial charge in [0.1, 0.15) is 11.3 Å². The van der Waals surface area contributed by atoms with Gasteiger partial charge in [-0.25, -0.2) is 0 Å². The van der Waals surface area contributed by atoms with E-state index in [0.29, 0.717) is 29.8 Å². The highest BCUT2D eigenvalue weighted by molar-refractivity contribution is 6.06. The number of carbonyl (C=O) groups is 2. The highest BCUT2D eigenvalue weighted by atomic mass is 16.5. The summed E-state index contributed by atoms with van der Waals surface area (Å²) in [5.41, 5.74) is 4.07. The zero-order valence-corrected chi connectivity index (χ0v) is 17.7. The normalized spacial score (nSPS) is 15.3. The van der Waals surface area contributed by atoms with Gasteiger partial charge in [-0.05, 0) is 73.2 Å². The lowest BCUT2D eigenvalue weighted by molar-refractivity contribution is 0.0963. The van der Waals surface area contributed by atoms with Crippen molar-refractivity contribution in [1.29, 1.82) is 0 Å². The van der Waals surface area contributed by atoms with Crippen LogP contribution in [0.5, 0.6) is 5.75 Å². The lowest BCUT2D eigenvalue weighted by atomic mass is 9.81. The first-order valence-corrected chi connectivity index (χ1v) is 10.2. The highest BCUT2D eigenvalue weighted by Gasteiger charge is 2.29. The highest BCUT2D eigenvalue weighted by Crippen LogP contribution is 2.32. The van der Waals surface area contributed by atoms with Crippen LogP contribution in [0.1, 0.15) is 55.4 Å². The Balaban J connectivity index is 1.60. The summed E-state index contributed by atoms with van der Waals surface area (Å²) in [6, 6.07) is 14.7. The molecule has 1 aromatic heterocycles. The van der Waals surface area contributed by atoms with Crippen LogP contribution < -0.4 is 15.6 Å². The molecular weight excluding hydrogens is 392 g/mol. The van der Waals surface area contributed by atoms with Crippen LogP contribution in [0.15, 0.2) is 53.3 Å². The lowest BCUT2D eigenvalue weighted by Gasteiger charge is -2.24. The van der Waals surface area contributed by atoms with Crippen molar-refractivity contribution < 1.29 is 14.3 Å². The van der Waals surface area contributed by atoms with Gasteiger partial charge >= 0.3 is 0 Å². The molecule has 31 heavy (non-hydrogen) atoms. The van der Waals surface area contributed by atoms with Gasteiger partial charge in [0.15, 0.2) is 5.78 Å². The lowest BCUT2D eigenvalue weighted by Crippen LogP contribution is -2.29. The SMILES string of the molecule is COc1ccc([C@@H]2CC(=O)c3cc(C(=O)Nc4cc(C)cc(C)c4)c(=O)[nH]c3C2)cc1. The molecule has 0 fully saturated rings. The number of carbonyl (C=O) groups excluding carboxylic acids is 2. The Morgan fingerprint density at radius 1 is 1.00 bits per heavy atom. The van der Waals surface area contributed by atoms with Gasteiger partial charge in [0.05, 0.1) is 7.11 Å². The average Bonchev–Trinajstić information content (AvgIpc) is 2.72. The molecule has 1 aliphatic rings. The molecule has 0 bridgehead atoms. The molecule has 2 N–H and O–H groups in total. The van der Waals surface area contributed by atoms with Crippen molar-refractivity contribution in [3.8, 4) is 5.75 Å². The Morgan fingerprint density at radius 2 is 1.68 bits per heavy atom. The first-order valence-electron chi connectivity index (χ1n) is 10.2. The number of nitrogens with one attached hydrogen (secondary N) is 2. The van der Waals surface area contributed by atoms with Gasteiger partial charge in [-0.2, -0.15) is 0 Å². The topological polar surface area (TPSA) is 88.3 Å². The van der Waals surface area contributed by atoms with Crippen molar-refractivity contribution in [2.75, 3.05) is 12.4 Å². The number of hydrogen-bond acceptors (Lipinski definition) is 4. The molecule has 1 amide bonds. The predicted octanol–water partition coefficient (Wildman–Crippen LogP) is 4.17. The first kappa shape index (κ1) is 20.6. The maximum Gasteiger partial charge on any atom is 0.261 e. The van der Waals surface area contributed by atoms with Crippen molar-refractivity contribution in [1.82, 2.24) is 4.98 Å². The zero-order valence-electron chi connectivity index (χ0n) is 17.7. The Labute approximate surface area is 180 Å². The molecule has 3 aromatic rings. The smallest absolute Gasteiger partial charge is 0.261 e. The van der Waals surface area contributed by atoms with Crippen LogP contribution in [0, 0.1) is 13.8 Å². The number of pyridine rings is 1. The predicted molar refractivity (Wildman–Crippen MR) is 119 cm³/mol. The second-order valence-corrected chi connectivity index (χ2v) is 8.04. The number of ether oxygens (including phenoxy) is 1. The van der Waals surface area contributed by atoms with Gasteiger partial charge in [0.25, 0.3) is 11.5 Å². The largest absolute Gasteiger partial charge is 0.497 e. The van der Waals surface area contributed by atoms with Crippen LogP contribution in [-0.4, -0.2) is 23.8 Å². The van der Waals surface area contributed by atoms with Crippen LogP contribution in [0.25, 0.3) is 0 Å². The molecule has 6 heteroatoms. The van der Waals surface area contributed by atoms with Crippen molar-refractivity contribution in [2.45, 2.75) is 32.6 Å². The van der Waals surface area contributed by atoms with E-state index in [2.05, 4.69) is 10.3 Å². The second-order valence-electron chi connectivity index (χ2n) is 8.04. The molecule has 1 heterocycles. The number of methoxy groups -OCH3 is 1. The zero-order chi connectivity index (χ0) is 22.1. The van der Waals surface area contributed by atoms with Gasteiger partial charge in [0.2, 0.25) is 0 Å². The summed E-state index contributed by atoms with van der Waals surface area (Å²) in [4.78, 5) is 41.0. The number of Topliss-reactive ketones (excluding diaryl/α,β-unsaturated/α-hetero) is 1. The van der Waals surface area contributed by atoms with E-state index in [0.717, 1.165) is 22.4 Å². The summed E-state index contributed by atoms with van der Waals surface area (Å²) < 4.78 is 5.19. The van der Waals surface area contributed by atoms with Gasteiger partial charge in [-0.3, -0.25) is 14.4 Å². The first-order chi connectivity index (χ1) is 14.8. The minimum absolute atomic E-state index is 0.0310. The maximum atomic E-state index is 12.8. The van der Waals surface area contributed by atoms with E-state index in [1.54, 1.807) is 7.11 Å². The van der Waals surface area contributed by atoms with Crippen molar-refractivity contribution in [3.63, 3.8) is 0 Å². The molecule has 1 aliphatic carbocycles. The number of aromatic amines is 1. The van der Waals surface area contributed by atoms with E-state index < -0.39 is 11.5 Å². The Kier molecular flexibility index (Phi) is 5.46. The summed E-state index contributed by atoms with van der Waals surface area (Å²) in [6.45, 7) is 3.87. The maximum absolute atomic E-state index is 12.8. The molecule has 158 valence electrons. The van der Waals surface area contributed by atoms with E-state index in [9.17, 15) is 14.4 Å². The third-order valence-electron chi connectivity index (χ3n) is 5.62. The number of amides is 1. The number of H-pyrrole nitrogens is 1. The monoisotopic (exact) mass is 416 g/mol. The molecular formula is C25H24N2O4. The molecule has 0 unspecified atom stereocenters. The number of rotatable bonds is 4. The number of ketones is 1. The third-order valence-corrected chi connectivity index (χ3v) is 5.62. The Bertz CT molecular complexity index is 1210. The standard InChI is InChI=1S/C25H24N2O4/c1-14-8-15(2)10-18(9-14)26-24(29)21-13-20-22(27-25(21)30)11-17(12-23(20)28)16-4-6-19(31-3)7-5-16/h4-10,13,17H,11-12H2,1-3H3,(H,26,29)(H,27,30)/t17-/m0/s1. The average molecular weight is 416 g/mol. The summed E-state index contributed by atoms with van der Waals surface area (Å²) in [5, 5.41) is 2.77. The number of benzene rings is 2. The molecule has 0 aliphatic heterocycles. The molecule has 1 atom stereocenters. The van der Waals surface area contributed by atoms with E-state index in [1.165, 1.54) is 6.07 Å². The number of aryl methyl sites for hydroxylation is 2. The molecule has 0 saturated heterocycles. The number of fused-ring (bicyclic) bond motifs is 1. The van der Waals surface area contributed by atoms with Crippen LogP contribution in [0.2, 0.25) is 0 Å². The summed E-state index contributed by atoms with van der Waals surface area (Å²) in [7, 11) is 1.61. The van der Waals surface area contributed by atoms with Crippen molar-refractivity contribution in [3.05, 3.63) is 92.4 Å². The summed E-state index contributed by atoms with van der Waals surface area (Å²) in [6.07, 6.45) is 0.852. The fourth-order valence-electron chi connectivity index (χ4n) is 4.16. The second kappa shape index (κ2) is 8.22. The van der Waals surface area contributed by atoms with Crippen molar-refractivity contribution in [2.24, 2.45) is 0 Å². The van der Waals surface area contributed by atoms with Crippen LogP contribution >= 0.6 is 0 Å². The molecule has 6 nitrogen and oxygen atoms in total. The van der Waals surface area contributed by atoms with E-state index in [1.807, 2.05) is 56.3 Å². The van der Waals surface area contributed by atoms with E-state index in [-0.39, 0.29) is 17.3 Å². The van der Waals surface area contributed by atoms with Crippen molar-refractivity contribution >= 4 is 17.4 Å². The molecule has 2 aromatic carbocycles. The van der Waals surface area contributed by atoms with Crippen LogP contribution in [-0.2, 0) is 6.42 Å². The van der Waals surface area contributed by atoms with E-state index >= 15 is 0 Å². The molecule has 0 saturated carbocycles. The minimum atomic E-state index is -0.529. The summed E-state index contributed by atoms with van der Waals surface area (Å²) in [5.74, 6) is 0.105. The number of anilines is 1. The van der Waals surface area contributed by atoms with Crippen LogP contribution in [0.4, 0.5) is 5.69 Å². The van der Waals surface area contributed by atoms with Gasteiger partial charge in [0, 0.05) is 23.4 Å². The Morgan fingerprint density at radius 3 is 2.32 bits per heavy atom. The van der Waals surface area contributed by atoms with E-state index in [4.69, 9.17) is 4.74 Å². The molecule has 4 rings (SSSR count). The number of aromatic nitrogens is 1.